The molecule has 0 radical (unpaired) electrons. The number of Topliss-reactive ketones (excluding diaryl/α,β-unsaturated/α-hetero) is 1. The smallest absolute Gasteiger partial charge is 0.314 e. The summed E-state index contributed by atoms with van der Waals surface area (Å²) < 4.78 is 0. The second-order valence-electron chi connectivity index (χ2n) is 4.20. The number of imide groups is 1. The molecule has 1 aliphatic rings. The van der Waals surface area contributed by atoms with Crippen molar-refractivity contribution < 1.29 is 29.1 Å². The van der Waals surface area contributed by atoms with Crippen LogP contribution in [-0.2, 0) is 24.0 Å². The normalized spacial score (nSPS) is 17.1. The average Bonchev–Trinajstić information content (AvgIpc) is 2.66. The summed E-state index contributed by atoms with van der Waals surface area (Å²) in [5, 5.41) is 8.95. The molecule has 5 N–H and O–H groups in total. The van der Waals surface area contributed by atoms with Crippen molar-refractivity contribution in [1.82, 2.24) is 4.90 Å². The van der Waals surface area contributed by atoms with E-state index in [2.05, 4.69) is 0 Å². The molecular weight excluding hydrogens is 270 g/mol. The van der Waals surface area contributed by atoms with E-state index in [9.17, 15) is 24.0 Å². The lowest BCUT2D eigenvalue weighted by Crippen LogP contribution is -2.44. The molecule has 108 valence electrons. The van der Waals surface area contributed by atoms with Gasteiger partial charge < -0.3 is 16.6 Å². The number of aliphatic carboxylic acids is 1. The fourth-order valence-corrected chi connectivity index (χ4v) is 1.59. The number of hydrogen-bond donors (Lipinski definition) is 3. The summed E-state index contributed by atoms with van der Waals surface area (Å²) in [6, 6.07) is -1.30. The van der Waals surface area contributed by atoms with Gasteiger partial charge in [-0.25, -0.2) is 0 Å². The van der Waals surface area contributed by atoms with Crippen LogP contribution >= 0.6 is 0 Å². The summed E-state index contributed by atoms with van der Waals surface area (Å²) in [7, 11) is 0. The molecule has 0 aromatic carbocycles. The van der Waals surface area contributed by atoms with Crippen LogP contribution in [0, 0.1) is 5.92 Å². The van der Waals surface area contributed by atoms with E-state index in [4.69, 9.17) is 16.6 Å². The van der Waals surface area contributed by atoms with E-state index >= 15 is 0 Å². The van der Waals surface area contributed by atoms with Gasteiger partial charge in [0.25, 0.3) is 11.8 Å². The largest absolute Gasteiger partial charge is 0.481 e. The van der Waals surface area contributed by atoms with Crippen molar-refractivity contribution >= 4 is 29.5 Å². The number of carbonyl (C=O) groups excluding carboxylic acids is 4. The topological polar surface area (TPSA) is 161 Å². The fourth-order valence-electron chi connectivity index (χ4n) is 1.59. The van der Waals surface area contributed by atoms with Crippen molar-refractivity contribution in [2.75, 3.05) is 6.54 Å². The van der Waals surface area contributed by atoms with Gasteiger partial charge in [-0.15, -0.1) is 0 Å². The van der Waals surface area contributed by atoms with E-state index in [0.717, 1.165) is 12.2 Å². The number of nitrogens with two attached hydrogens (primary N) is 2. The summed E-state index contributed by atoms with van der Waals surface area (Å²) in [6.45, 7) is -0.687. The summed E-state index contributed by atoms with van der Waals surface area (Å²) in [6.07, 6.45) is 1.45. The van der Waals surface area contributed by atoms with E-state index in [-0.39, 0.29) is 0 Å². The minimum Gasteiger partial charge on any atom is -0.481 e. The lowest BCUT2D eigenvalue weighted by Gasteiger charge is -2.18. The number of carboxylic acids is 1. The number of carboxylic acid groups (broad SMARTS) is 1. The molecule has 0 aromatic heterocycles. The minimum atomic E-state index is -1.61. The molecule has 2 atom stereocenters. The number of amides is 3. The van der Waals surface area contributed by atoms with Crippen LogP contribution in [0.5, 0.6) is 0 Å². The van der Waals surface area contributed by atoms with Gasteiger partial charge in [0, 0.05) is 12.2 Å². The molecule has 0 saturated carbocycles. The Morgan fingerprint density at radius 3 is 2.10 bits per heavy atom. The van der Waals surface area contributed by atoms with Gasteiger partial charge >= 0.3 is 5.97 Å². The van der Waals surface area contributed by atoms with Crippen LogP contribution in [0.15, 0.2) is 12.2 Å². The number of nitrogens with zero attached hydrogens (tertiary/aromatic N) is 1. The maximum absolute atomic E-state index is 11.8. The summed E-state index contributed by atoms with van der Waals surface area (Å²) in [5.74, 6) is -6.37. The molecule has 0 fully saturated rings. The van der Waals surface area contributed by atoms with Gasteiger partial charge in [0.05, 0.1) is 12.6 Å². The molecule has 20 heavy (non-hydrogen) atoms. The van der Waals surface area contributed by atoms with Crippen LogP contribution in [0.2, 0.25) is 0 Å². The predicted octanol–water partition coefficient (Wildman–Crippen LogP) is -2.62. The molecule has 9 heteroatoms. The van der Waals surface area contributed by atoms with Gasteiger partial charge in [-0.1, -0.05) is 0 Å². The molecule has 0 saturated heterocycles. The molecule has 9 nitrogen and oxygen atoms in total. The first kappa shape index (κ1) is 15.5. The number of primary amides is 1. The first-order chi connectivity index (χ1) is 9.23. The maximum atomic E-state index is 11.8. The van der Waals surface area contributed by atoms with Gasteiger partial charge in [-0.3, -0.25) is 28.9 Å². The highest BCUT2D eigenvalue weighted by atomic mass is 16.4. The summed E-state index contributed by atoms with van der Waals surface area (Å²) in [5.41, 5.74) is 10.2. The molecule has 1 aliphatic heterocycles. The number of rotatable bonds is 7. The Morgan fingerprint density at radius 1 is 1.20 bits per heavy atom. The summed E-state index contributed by atoms with van der Waals surface area (Å²) in [4.78, 5) is 56.8. The Balaban J connectivity index is 2.75. The Labute approximate surface area is 113 Å². The van der Waals surface area contributed by atoms with Gasteiger partial charge in [0.15, 0.2) is 5.78 Å². The standard InChI is InChI=1S/C11H13N3O6/c12-6(10(13)18)3-5(11(19)20)7(15)4-14-8(16)1-2-9(14)17/h1-2,5-6H,3-4,12H2,(H2,13,18)(H,19,20)/t5?,6-/m1/s1. The first-order valence-electron chi connectivity index (χ1n) is 5.58. The van der Waals surface area contributed by atoms with Gasteiger partial charge in [-0.05, 0) is 6.42 Å². The lowest BCUT2D eigenvalue weighted by molar-refractivity contribution is -0.150. The zero-order valence-electron chi connectivity index (χ0n) is 10.3. The zero-order valence-corrected chi connectivity index (χ0v) is 10.3. The monoisotopic (exact) mass is 283 g/mol. The van der Waals surface area contributed by atoms with E-state index in [0.29, 0.717) is 4.90 Å². The number of carbonyl (C=O) groups is 5. The van der Waals surface area contributed by atoms with E-state index in [1.54, 1.807) is 0 Å². The second kappa shape index (κ2) is 6.06. The first-order valence-corrected chi connectivity index (χ1v) is 5.58. The Hall–Kier alpha value is -2.55. The molecule has 0 aliphatic carbocycles. The highest BCUT2D eigenvalue weighted by Gasteiger charge is 2.34. The SMILES string of the molecule is NC(=O)[C@H](N)CC(C(=O)O)C(=O)CN1C(=O)C=CC1=O. The zero-order chi connectivity index (χ0) is 15.4. The molecule has 0 aromatic rings. The van der Waals surface area contributed by atoms with Gasteiger partial charge in [-0.2, -0.15) is 0 Å². The van der Waals surface area contributed by atoms with E-state index < -0.39 is 54.4 Å². The van der Waals surface area contributed by atoms with Crippen LogP contribution in [0.25, 0.3) is 0 Å². The van der Waals surface area contributed by atoms with Crippen LogP contribution in [0.4, 0.5) is 0 Å². The van der Waals surface area contributed by atoms with Gasteiger partial charge in [0.2, 0.25) is 5.91 Å². The Kier molecular flexibility index (Phi) is 4.70. The minimum absolute atomic E-state index is 0.493. The van der Waals surface area contributed by atoms with E-state index in [1.807, 2.05) is 0 Å². The molecule has 1 unspecified atom stereocenters. The predicted molar refractivity (Wildman–Crippen MR) is 63.8 cm³/mol. The number of ketones is 1. The third-order valence-electron chi connectivity index (χ3n) is 2.76. The van der Waals surface area contributed by atoms with Crippen LogP contribution in [0.3, 0.4) is 0 Å². The van der Waals surface area contributed by atoms with Crippen molar-refractivity contribution in [2.24, 2.45) is 17.4 Å². The third kappa shape index (κ3) is 3.48. The highest BCUT2D eigenvalue weighted by molar-refractivity contribution is 6.15. The Bertz CT molecular complexity index is 494. The Morgan fingerprint density at radius 2 is 1.70 bits per heavy atom. The van der Waals surface area contributed by atoms with Gasteiger partial charge in [0.1, 0.15) is 5.92 Å². The van der Waals surface area contributed by atoms with Crippen molar-refractivity contribution in [3.8, 4) is 0 Å². The quantitative estimate of drug-likeness (QED) is 0.340. The molecule has 1 heterocycles. The van der Waals surface area contributed by atoms with Crippen molar-refractivity contribution in [3.63, 3.8) is 0 Å². The van der Waals surface area contributed by atoms with Crippen LogP contribution in [0.1, 0.15) is 6.42 Å². The van der Waals surface area contributed by atoms with Crippen molar-refractivity contribution in [1.29, 1.82) is 0 Å². The number of hydrogen-bond acceptors (Lipinski definition) is 6. The fraction of sp³-hybridized carbons (Fsp3) is 0.364. The maximum Gasteiger partial charge on any atom is 0.314 e. The highest BCUT2D eigenvalue weighted by Crippen LogP contribution is 2.11. The molecular formula is C11H13N3O6. The van der Waals surface area contributed by atoms with Crippen molar-refractivity contribution in [3.05, 3.63) is 12.2 Å². The molecule has 0 bridgehead atoms. The molecule has 1 rings (SSSR count). The van der Waals surface area contributed by atoms with E-state index in [1.165, 1.54) is 0 Å². The third-order valence-corrected chi connectivity index (χ3v) is 2.76. The molecule has 3 amide bonds. The van der Waals surface area contributed by atoms with Crippen LogP contribution < -0.4 is 11.5 Å². The van der Waals surface area contributed by atoms with Crippen LogP contribution in [-0.4, -0.2) is 52.1 Å². The average molecular weight is 283 g/mol. The summed E-state index contributed by atoms with van der Waals surface area (Å²) >= 11 is 0. The molecule has 0 spiro atoms. The second-order valence-corrected chi connectivity index (χ2v) is 4.20. The lowest BCUT2D eigenvalue weighted by atomic mass is 9.95. The van der Waals surface area contributed by atoms with Crippen molar-refractivity contribution in [2.45, 2.75) is 12.5 Å².